The maximum Gasteiger partial charge on any atom is 0.0954 e. The van der Waals surface area contributed by atoms with Crippen LogP contribution in [-0.2, 0) is 4.74 Å². The van der Waals surface area contributed by atoms with E-state index in [2.05, 4.69) is 23.3 Å². The number of rotatable bonds is 1. The first-order valence-electron chi connectivity index (χ1n) is 5.04. The number of hydrogen-bond donors (Lipinski definition) is 1. The highest BCUT2D eigenvalue weighted by molar-refractivity contribution is 5.19. The Bertz CT molecular complexity index is 314. The number of nitrogens with zero attached hydrogens (tertiary/aromatic N) is 1. The van der Waals surface area contributed by atoms with Crippen molar-refractivity contribution >= 4 is 0 Å². The maximum atomic E-state index is 5.84. The molecule has 1 fully saturated rings. The van der Waals surface area contributed by atoms with Crippen LogP contribution in [0.25, 0.3) is 0 Å². The van der Waals surface area contributed by atoms with Gasteiger partial charge in [-0.1, -0.05) is 0 Å². The Morgan fingerprint density at radius 2 is 2.36 bits per heavy atom. The van der Waals surface area contributed by atoms with Crippen molar-refractivity contribution in [2.24, 2.45) is 0 Å². The Labute approximate surface area is 84.5 Å². The predicted molar refractivity (Wildman–Crippen MR) is 55.1 cm³/mol. The third-order valence-electron chi connectivity index (χ3n) is 2.45. The van der Waals surface area contributed by atoms with Gasteiger partial charge < -0.3 is 10.1 Å². The summed E-state index contributed by atoms with van der Waals surface area (Å²) in [6, 6.07) is 4.11. The summed E-state index contributed by atoms with van der Waals surface area (Å²) < 4.78 is 5.84. The number of aryl methyl sites for hydroxylation is 1. The van der Waals surface area contributed by atoms with Crippen molar-refractivity contribution in [2.45, 2.75) is 26.1 Å². The highest BCUT2D eigenvalue weighted by atomic mass is 16.5. The lowest BCUT2D eigenvalue weighted by atomic mass is 10.1. The average Bonchev–Trinajstić information content (AvgIpc) is 2.18. The molecule has 1 aliphatic heterocycles. The molecule has 1 aromatic heterocycles. The van der Waals surface area contributed by atoms with Crippen LogP contribution in [0.2, 0.25) is 0 Å². The van der Waals surface area contributed by atoms with E-state index in [-0.39, 0.29) is 6.10 Å². The Kier molecular flexibility index (Phi) is 2.79. The van der Waals surface area contributed by atoms with E-state index >= 15 is 0 Å². The number of pyridine rings is 1. The van der Waals surface area contributed by atoms with Gasteiger partial charge in [0.2, 0.25) is 0 Å². The van der Waals surface area contributed by atoms with Crippen molar-refractivity contribution in [3.05, 3.63) is 29.6 Å². The van der Waals surface area contributed by atoms with Gasteiger partial charge in [-0.2, -0.15) is 0 Å². The fourth-order valence-corrected chi connectivity index (χ4v) is 1.76. The third kappa shape index (κ3) is 2.11. The summed E-state index contributed by atoms with van der Waals surface area (Å²) in [6.45, 7) is 5.94. The lowest BCUT2D eigenvalue weighted by Gasteiger charge is -2.29. The van der Waals surface area contributed by atoms with E-state index in [9.17, 15) is 0 Å². The van der Waals surface area contributed by atoms with Crippen LogP contribution in [0.15, 0.2) is 18.3 Å². The fraction of sp³-hybridized carbons (Fsp3) is 0.545. The van der Waals surface area contributed by atoms with Gasteiger partial charge in [-0.25, -0.2) is 0 Å². The lowest BCUT2D eigenvalue weighted by molar-refractivity contribution is -0.0287. The molecule has 0 unspecified atom stereocenters. The molecule has 0 amide bonds. The first-order valence-corrected chi connectivity index (χ1v) is 5.04. The van der Waals surface area contributed by atoms with E-state index < -0.39 is 0 Å². The summed E-state index contributed by atoms with van der Waals surface area (Å²) in [6.07, 6.45) is 2.32. The largest absolute Gasteiger partial charge is 0.368 e. The molecule has 0 aromatic carbocycles. The number of nitrogens with one attached hydrogen (secondary N) is 1. The minimum absolute atomic E-state index is 0.181. The second-order valence-corrected chi connectivity index (χ2v) is 3.82. The van der Waals surface area contributed by atoms with E-state index in [1.54, 1.807) is 0 Å². The summed E-state index contributed by atoms with van der Waals surface area (Å²) in [7, 11) is 0. The Morgan fingerprint density at radius 1 is 1.50 bits per heavy atom. The second kappa shape index (κ2) is 4.07. The molecule has 76 valence electrons. The summed E-state index contributed by atoms with van der Waals surface area (Å²) >= 11 is 0. The molecule has 1 saturated heterocycles. The minimum atomic E-state index is 0.181. The molecule has 3 nitrogen and oxygen atoms in total. The monoisotopic (exact) mass is 192 g/mol. The standard InChI is InChI=1S/C11H16N2O/c1-8-5-10(3-4-13-8)11-7-12-6-9(2)14-11/h3-5,9,11-12H,6-7H2,1-2H3/t9-,11-/m1/s1. The third-order valence-corrected chi connectivity index (χ3v) is 2.45. The zero-order valence-corrected chi connectivity index (χ0v) is 8.66. The van der Waals surface area contributed by atoms with E-state index in [1.807, 2.05) is 19.2 Å². The highest BCUT2D eigenvalue weighted by Crippen LogP contribution is 2.20. The van der Waals surface area contributed by atoms with E-state index in [0.29, 0.717) is 6.10 Å². The molecule has 2 atom stereocenters. The normalized spacial score (nSPS) is 27.6. The summed E-state index contributed by atoms with van der Waals surface area (Å²) in [4.78, 5) is 4.18. The minimum Gasteiger partial charge on any atom is -0.368 e. The van der Waals surface area contributed by atoms with Gasteiger partial charge in [0.1, 0.15) is 0 Å². The maximum absolute atomic E-state index is 5.84. The first-order chi connectivity index (χ1) is 6.75. The number of morpholine rings is 1. The van der Waals surface area contributed by atoms with E-state index in [1.165, 1.54) is 5.56 Å². The Morgan fingerprint density at radius 3 is 3.07 bits per heavy atom. The van der Waals surface area contributed by atoms with Crippen molar-refractivity contribution < 1.29 is 4.74 Å². The molecule has 14 heavy (non-hydrogen) atoms. The van der Waals surface area contributed by atoms with Crippen LogP contribution in [0.3, 0.4) is 0 Å². The van der Waals surface area contributed by atoms with Crippen molar-refractivity contribution in [1.82, 2.24) is 10.3 Å². The van der Waals surface area contributed by atoms with Crippen LogP contribution < -0.4 is 5.32 Å². The molecular formula is C11H16N2O. The average molecular weight is 192 g/mol. The Balaban J connectivity index is 2.14. The SMILES string of the molecule is Cc1cc([C@H]2CNC[C@@H](C)O2)ccn1. The molecule has 1 N–H and O–H groups in total. The number of ether oxygens (including phenoxy) is 1. The first kappa shape index (κ1) is 9.62. The van der Waals surface area contributed by atoms with Crippen LogP contribution in [0.5, 0.6) is 0 Å². The summed E-state index contributed by atoms with van der Waals surface area (Å²) in [5, 5.41) is 3.36. The number of hydrogen-bond acceptors (Lipinski definition) is 3. The molecule has 0 bridgehead atoms. The molecule has 1 aliphatic rings. The molecule has 2 rings (SSSR count). The second-order valence-electron chi connectivity index (χ2n) is 3.82. The van der Waals surface area contributed by atoms with Crippen molar-refractivity contribution in [2.75, 3.05) is 13.1 Å². The molecule has 3 heteroatoms. The van der Waals surface area contributed by atoms with Gasteiger partial charge in [0.15, 0.2) is 0 Å². The lowest BCUT2D eigenvalue weighted by Crippen LogP contribution is -2.38. The van der Waals surface area contributed by atoms with Crippen molar-refractivity contribution in [3.8, 4) is 0 Å². The molecular weight excluding hydrogens is 176 g/mol. The molecule has 0 radical (unpaired) electrons. The van der Waals surface area contributed by atoms with E-state index in [4.69, 9.17) is 4.74 Å². The van der Waals surface area contributed by atoms with Crippen molar-refractivity contribution in [1.29, 1.82) is 0 Å². The smallest absolute Gasteiger partial charge is 0.0954 e. The molecule has 0 saturated carbocycles. The van der Waals surface area contributed by atoms with Crippen molar-refractivity contribution in [3.63, 3.8) is 0 Å². The highest BCUT2D eigenvalue weighted by Gasteiger charge is 2.20. The summed E-state index contributed by atoms with van der Waals surface area (Å²) in [5.41, 5.74) is 2.26. The molecule has 0 spiro atoms. The fourth-order valence-electron chi connectivity index (χ4n) is 1.76. The molecule has 0 aliphatic carbocycles. The van der Waals surface area contributed by atoms with Crippen LogP contribution in [0.4, 0.5) is 0 Å². The predicted octanol–water partition coefficient (Wildman–Crippen LogP) is 1.44. The summed E-state index contributed by atoms with van der Waals surface area (Å²) in [5.74, 6) is 0. The van der Waals surface area contributed by atoms with Crippen LogP contribution >= 0.6 is 0 Å². The molecule has 2 heterocycles. The van der Waals surface area contributed by atoms with Gasteiger partial charge in [-0.3, -0.25) is 4.98 Å². The number of aromatic nitrogens is 1. The van der Waals surface area contributed by atoms with Crippen LogP contribution in [0, 0.1) is 6.92 Å². The zero-order valence-electron chi connectivity index (χ0n) is 8.66. The van der Waals surface area contributed by atoms with Gasteiger partial charge in [0.05, 0.1) is 12.2 Å². The van der Waals surface area contributed by atoms with Gasteiger partial charge in [-0.15, -0.1) is 0 Å². The van der Waals surface area contributed by atoms with Gasteiger partial charge in [0, 0.05) is 25.0 Å². The van der Waals surface area contributed by atoms with Crippen LogP contribution in [0.1, 0.15) is 24.3 Å². The van der Waals surface area contributed by atoms with E-state index in [0.717, 1.165) is 18.8 Å². The zero-order chi connectivity index (χ0) is 9.97. The van der Waals surface area contributed by atoms with Gasteiger partial charge in [-0.05, 0) is 31.5 Å². The Hall–Kier alpha value is -0.930. The van der Waals surface area contributed by atoms with Gasteiger partial charge >= 0.3 is 0 Å². The molecule has 1 aromatic rings. The van der Waals surface area contributed by atoms with Crippen LogP contribution in [-0.4, -0.2) is 24.2 Å². The topological polar surface area (TPSA) is 34.1 Å². The quantitative estimate of drug-likeness (QED) is 0.731. The van der Waals surface area contributed by atoms with Gasteiger partial charge in [0.25, 0.3) is 0 Å².